The summed E-state index contributed by atoms with van der Waals surface area (Å²) in [6.45, 7) is 6.69. The monoisotopic (exact) mass is 467 g/mol. The number of hydrogen-bond donors (Lipinski definition) is 2. The molecule has 0 fully saturated rings. The van der Waals surface area contributed by atoms with Crippen LogP contribution in [0.15, 0.2) is 59.6 Å². The average molecular weight is 467 g/mol. The van der Waals surface area contributed by atoms with E-state index in [4.69, 9.17) is 10.5 Å². The van der Waals surface area contributed by atoms with Gasteiger partial charge in [0.05, 0.1) is 12.1 Å². The van der Waals surface area contributed by atoms with E-state index in [9.17, 15) is 4.79 Å². The van der Waals surface area contributed by atoms with Crippen LogP contribution in [0.1, 0.15) is 42.3 Å². The molecule has 0 bridgehead atoms. The van der Waals surface area contributed by atoms with Crippen LogP contribution in [-0.2, 0) is 17.9 Å². The number of carbonyl (C=O) groups excluding carboxylic acids is 1. The molecule has 0 amide bonds. The third-order valence-corrected chi connectivity index (χ3v) is 3.31. The van der Waals surface area contributed by atoms with Gasteiger partial charge in [0.25, 0.3) is 0 Å². The van der Waals surface area contributed by atoms with E-state index in [0.29, 0.717) is 18.1 Å². The first-order chi connectivity index (χ1) is 11.8. The standard InChI is InChI=1S/C20H25N3O2.HI/c1-20(2,3)23-19(21)22-13-16-10-7-11-17(12-16)18(24)25-14-15-8-5-4-6-9-15;/h4-12H,13-14H2,1-3H3,(H3,21,22,23);1H. The van der Waals surface area contributed by atoms with E-state index in [1.165, 1.54) is 0 Å². The SMILES string of the molecule is CC(C)(C)NC(N)=NCc1cccc(C(=O)OCc2ccccc2)c1.I. The van der Waals surface area contributed by atoms with Crippen molar-refractivity contribution >= 4 is 35.9 Å². The molecule has 0 unspecified atom stereocenters. The van der Waals surface area contributed by atoms with Crippen LogP contribution >= 0.6 is 24.0 Å². The van der Waals surface area contributed by atoms with Crippen molar-refractivity contribution < 1.29 is 9.53 Å². The summed E-state index contributed by atoms with van der Waals surface area (Å²) >= 11 is 0. The van der Waals surface area contributed by atoms with Crippen molar-refractivity contribution in [3.8, 4) is 0 Å². The first-order valence-corrected chi connectivity index (χ1v) is 8.21. The second-order valence-corrected chi connectivity index (χ2v) is 6.84. The number of nitrogens with two attached hydrogens (primary N) is 1. The Bertz CT molecular complexity index is 740. The van der Waals surface area contributed by atoms with Gasteiger partial charge in [0.2, 0.25) is 0 Å². The minimum Gasteiger partial charge on any atom is -0.457 e. The number of rotatable bonds is 5. The predicted octanol–water partition coefficient (Wildman–Crippen LogP) is 3.86. The number of nitrogens with zero attached hydrogens (tertiary/aromatic N) is 1. The molecule has 5 nitrogen and oxygen atoms in total. The topological polar surface area (TPSA) is 76.7 Å². The maximum atomic E-state index is 12.2. The molecular weight excluding hydrogens is 441 g/mol. The molecule has 0 aliphatic rings. The van der Waals surface area contributed by atoms with Crippen molar-refractivity contribution in [2.75, 3.05) is 0 Å². The maximum Gasteiger partial charge on any atom is 0.338 e. The van der Waals surface area contributed by atoms with Gasteiger partial charge in [0.15, 0.2) is 5.96 Å². The Morgan fingerprint density at radius 3 is 2.38 bits per heavy atom. The summed E-state index contributed by atoms with van der Waals surface area (Å²) in [5.74, 6) is 0.0278. The third-order valence-electron chi connectivity index (χ3n) is 3.31. The lowest BCUT2D eigenvalue weighted by molar-refractivity contribution is 0.0472. The van der Waals surface area contributed by atoms with Crippen LogP contribution in [0.5, 0.6) is 0 Å². The zero-order valence-corrected chi connectivity index (χ0v) is 17.7. The van der Waals surface area contributed by atoms with E-state index in [1.54, 1.807) is 12.1 Å². The van der Waals surface area contributed by atoms with Gasteiger partial charge in [-0.2, -0.15) is 0 Å². The molecule has 0 aromatic heterocycles. The fraction of sp³-hybridized carbons (Fsp3) is 0.300. The Balaban J connectivity index is 0.00000338. The summed E-state index contributed by atoms with van der Waals surface area (Å²) < 4.78 is 5.35. The fourth-order valence-electron chi connectivity index (χ4n) is 2.20. The van der Waals surface area contributed by atoms with Crippen molar-refractivity contribution in [1.29, 1.82) is 0 Å². The molecule has 0 saturated carbocycles. The molecular formula is C20H26IN3O2. The van der Waals surface area contributed by atoms with Gasteiger partial charge in [-0.15, -0.1) is 24.0 Å². The summed E-state index contributed by atoms with van der Waals surface area (Å²) in [5.41, 5.74) is 8.08. The predicted molar refractivity (Wildman–Crippen MR) is 116 cm³/mol. The van der Waals surface area contributed by atoms with Crippen molar-refractivity contribution in [2.45, 2.75) is 39.5 Å². The highest BCUT2D eigenvalue weighted by molar-refractivity contribution is 14.0. The fourth-order valence-corrected chi connectivity index (χ4v) is 2.20. The zero-order valence-electron chi connectivity index (χ0n) is 15.4. The van der Waals surface area contributed by atoms with Crippen LogP contribution in [0.4, 0.5) is 0 Å². The Kier molecular flexibility index (Phi) is 8.57. The molecule has 0 saturated heterocycles. The van der Waals surface area contributed by atoms with Gasteiger partial charge >= 0.3 is 5.97 Å². The van der Waals surface area contributed by atoms with Crippen LogP contribution < -0.4 is 11.1 Å². The Morgan fingerprint density at radius 2 is 1.73 bits per heavy atom. The number of aliphatic imine (C=N–C) groups is 1. The maximum absolute atomic E-state index is 12.2. The smallest absolute Gasteiger partial charge is 0.338 e. The van der Waals surface area contributed by atoms with Crippen molar-refractivity contribution in [1.82, 2.24) is 5.32 Å². The van der Waals surface area contributed by atoms with Gasteiger partial charge in [-0.25, -0.2) is 9.79 Å². The van der Waals surface area contributed by atoms with E-state index < -0.39 is 0 Å². The minimum atomic E-state index is -0.351. The number of ether oxygens (including phenoxy) is 1. The first-order valence-electron chi connectivity index (χ1n) is 8.21. The largest absolute Gasteiger partial charge is 0.457 e. The summed E-state index contributed by atoms with van der Waals surface area (Å²) in [7, 11) is 0. The lowest BCUT2D eigenvalue weighted by atomic mass is 10.1. The second kappa shape index (κ2) is 10.2. The highest BCUT2D eigenvalue weighted by Gasteiger charge is 2.10. The van der Waals surface area contributed by atoms with Crippen LogP contribution in [0, 0.1) is 0 Å². The van der Waals surface area contributed by atoms with Gasteiger partial charge in [-0.05, 0) is 44.0 Å². The van der Waals surface area contributed by atoms with Gasteiger partial charge in [-0.3, -0.25) is 0 Å². The van der Waals surface area contributed by atoms with E-state index in [2.05, 4.69) is 10.3 Å². The van der Waals surface area contributed by atoms with Crippen molar-refractivity contribution in [2.24, 2.45) is 10.7 Å². The molecule has 2 aromatic rings. The van der Waals surface area contributed by atoms with Crippen LogP contribution in [0.2, 0.25) is 0 Å². The Morgan fingerprint density at radius 1 is 1.08 bits per heavy atom. The second-order valence-electron chi connectivity index (χ2n) is 6.84. The Labute approximate surface area is 172 Å². The number of hydrogen-bond acceptors (Lipinski definition) is 3. The molecule has 0 radical (unpaired) electrons. The minimum absolute atomic E-state index is 0. The summed E-state index contributed by atoms with van der Waals surface area (Å²) in [6.07, 6.45) is 0. The average Bonchev–Trinajstić information content (AvgIpc) is 2.57. The molecule has 2 rings (SSSR count). The lowest BCUT2D eigenvalue weighted by Crippen LogP contribution is -2.44. The first kappa shape index (κ1) is 22.0. The molecule has 0 heterocycles. The Hall–Kier alpha value is -2.09. The van der Waals surface area contributed by atoms with Crippen LogP contribution in [0.25, 0.3) is 0 Å². The van der Waals surface area contributed by atoms with Gasteiger partial charge in [0.1, 0.15) is 6.61 Å². The van der Waals surface area contributed by atoms with E-state index in [1.807, 2.05) is 63.2 Å². The normalized spacial score (nSPS) is 11.4. The van der Waals surface area contributed by atoms with Crippen LogP contribution in [0.3, 0.4) is 0 Å². The van der Waals surface area contributed by atoms with E-state index >= 15 is 0 Å². The zero-order chi connectivity index (χ0) is 18.3. The molecule has 3 N–H and O–H groups in total. The third kappa shape index (κ3) is 7.86. The quantitative estimate of drug-likeness (QED) is 0.303. The van der Waals surface area contributed by atoms with Crippen molar-refractivity contribution in [3.63, 3.8) is 0 Å². The van der Waals surface area contributed by atoms with Crippen LogP contribution in [-0.4, -0.2) is 17.5 Å². The van der Waals surface area contributed by atoms with Gasteiger partial charge < -0.3 is 15.8 Å². The van der Waals surface area contributed by atoms with Gasteiger partial charge in [0, 0.05) is 5.54 Å². The van der Waals surface area contributed by atoms with Crippen molar-refractivity contribution in [3.05, 3.63) is 71.3 Å². The highest BCUT2D eigenvalue weighted by Crippen LogP contribution is 2.10. The lowest BCUT2D eigenvalue weighted by Gasteiger charge is -2.21. The number of nitrogens with one attached hydrogen (secondary N) is 1. The molecule has 26 heavy (non-hydrogen) atoms. The van der Waals surface area contributed by atoms with Gasteiger partial charge in [-0.1, -0.05) is 42.5 Å². The number of halogens is 1. The molecule has 0 aliphatic heterocycles. The number of esters is 1. The molecule has 6 heteroatoms. The molecule has 0 atom stereocenters. The number of carbonyl (C=O) groups is 1. The molecule has 0 aliphatic carbocycles. The molecule has 140 valence electrons. The number of benzene rings is 2. The van der Waals surface area contributed by atoms with E-state index in [0.717, 1.165) is 11.1 Å². The molecule has 0 spiro atoms. The van der Waals surface area contributed by atoms with E-state index in [-0.39, 0.29) is 42.1 Å². The summed E-state index contributed by atoms with van der Waals surface area (Å²) in [6, 6.07) is 16.8. The number of guanidine groups is 1. The highest BCUT2D eigenvalue weighted by atomic mass is 127. The summed E-state index contributed by atoms with van der Waals surface area (Å²) in [5, 5.41) is 3.10. The molecule has 2 aromatic carbocycles. The summed E-state index contributed by atoms with van der Waals surface area (Å²) in [4.78, 5) is 16.5.